The first-order valence-corrected chi connectivity index (χ1v) is 7.49. The minimum absolute atomic E-state index is 0.598. The predicted molar refractivity (Wildman–Crippen MR) is 93.0 cm³/mol. The summed E-state index contributed by atoms with van der Waals surface area (Å²) in [5, 5.41) is 4.43. The van der Waals surface area contributed by atoms with Gasteiger partial charge in [0.1, 0.15) is 5.82 Å². The topological polar surface area (TPSA) is 56.2 Å². The van der Waals surface area contributed by atoms with Crippen LogP contribution in [0, 0.1) is 6.92 Å². The number of benzene rings is 2. The van der Waals surface area contributed by atoms with Crippen molar-refractivity contribution < 1.29 is 0 Å². The van der Waals surface area contributed by atoms with E-state index in [1.54, 1.807) is 4.52 Å². The lowest BCUT2D eigenvalue weighted by Gasteiger charge is -2.08. The summed E-state index contributed by atoms with van der Waals surface area (Å²) in [7, 11) is 0. The van der Waals surface area contributed by atoms with Gasteiger partial charge in [-0.05, 0) is 18.1 Å². The fourth-order valence-electron chi connectivity index (χ4n) is 2.73. The lowest BCUT2D eigenvalue weighted by molar-refractivity contribution is 0.954. The van der Waals surface area contributed by atoms with Crippen LogP contribution < -0.4 is 5.73 Å². The highest BCUT2D eigenvalue weighted by Gasteiger charge is 2.13. The Balaban J connectivity index is 1.89. The van der Waals surface area contributed by atoms with E-state index in [4.69, 9.17) is 5.73 Å². The first kappa shape index (κ1) is 13.5. The second-order valence-corrected chi connectivity index (χ2v) is 5.58. The molecule has 2 aromatic carbocycles. The molecule has 0 aliphatic rings. The minimum Gasteiger partial charge on any atom is -0.383 e. The van der Waals surface area contributed by atoms with Crippen LogP contribution in [-0.2, 0) is 0 Å². The third kappa shape index (κ3) is 2.25. The molecule has 0 fully saturated rings. The van der Waals surface area contributed by atoms with Crippen LogP contribution in [-0.4, -0.2) is 14.6 Å². The van der Waals surface area contributed by atoms with E-state index in [0.717, 1.165) is 27.9 Å². The fraction of sp³-hybridized carbons (Fsp3) is 0.0526. The highest BCUT2D eigenvalue weighted by atomic mass is 15.3. The number of hydrogen-bond acceptors (Lipinski definition) is 3. The molecule has 4 aromatic rings. The lowest BCUT2D eigenvalue weighted by Crippen LogP contribution is -2.02. The Bertz CT molecular complexity index is 970. The lowest BCUT2D eigenvalue weighted by atomic mass is 10.1. The quantitative estimate of drug-likeness (QED) is 0.609. The van der Waals surface area contributed by atoms with Crippen molar-refractivity contribution in [2.24, 2.45) is 0 Å². The van der Waals surface area contributed by atoms with Gasteiger partial charge >= 0.3 is 0 Å². The Hall–Kier alpha value is -3.14. The van der Waals surface area contributed by atoms with Crippen LogP contribution in [0.25, 0.3) is 27.9 Å². The summed E-state index contributed by atoms with van der Waals surface area (Å²) in [6.45, 7) is 2.06. The molecule has 2 aromatic heterocycles. The Kier molecular flexibility index (Phi) is 3.08. The van der Waals surface area contributed by atoms with Gasteiger partial charge in [0.15, 0.2) is 5.65 Å². The van der Waals surface area contributed by atoms with Gasteiger partial charge in [-0.1, -0.05) is 60.2 Å². The molecule has 0 radical (unpaired) electrons. The Morgan fingerprint density at radius 2 is 1.52 bits per heavy atom. The van der Waals surface area contributed by atoms with Crippen molar-refractivity contribution in [2.45, 2.75) is 6.92 Å². The van der Waals surface area contributed by atoms with Gasteiger partial charge in [0.2, 0.25) is 0 Å². The van der Waals surface area contributed by atoms with Crippen molar-refractivity contribution in [2.75, 3.05) is 5.73 Å². The number of fused-ring (bicyclic) bond motifs is 1. The molecule has 0 saturated heterocycles. The van der Waals surface area contributed by atoms with Gasteiger partial charge in [-0.2, -0.15) is 9.61 Å². The van der Waals surface area contributed by atoms with Crippen molar-refractivity contribution in [1.29, 1.82) is 0 Å². The molecular formula is C19H16N4. The molecule has 112 valence electrons. The number of anilines is 1. The maximum absolute atomic E-state index is 6.34. The zero-order valence-electron chi connectivity index (χ0n) is 12.8. The van der Waals surface area contributed by atoms with Crippen molar-refractivity contribution in [3.05, 3.63) is 72.6 Å². The summed E-state index contributed by atoms with van der Waals surface area (Å²) < 4.78 is 1.71. The molecule has 0 aliphatic heterocycles. The van der Waals surface area contributed by atoms with Crippen LogP contribution in [0.2, 0.25) is 0 Å². The SMILES string of the molecule is Cc1ccc(-c2cnc3c(-c4ccccc4)cnn3c2N)cc1. The summed E-state index contributed by atoms with van der Waals surface area (Å²) in [6.07, 6.45) is 3.64. The van der Waals surface area contributed by atoms with Crippen molar-refractivity contribution >= 4 is 11.5 Å². The molecule has 4 nitrogen and oxygen atoms in total. The maximum atomic E-state index is 6.34. The zero-order chi connectivity index (χ0) is 15.8. The normalized spacial score (nSPS) is 11.0. The Labute approximate surface area is 134 Å². The van der Waals surface area contributed by atoms with Gasteiger partial charge in [-0.25, -0.2) is 4.98 Å². The van der Waals surface area contributed by atoms with Crippen molar-refractivity contribution in [3.8, 4) is 22.3 Å². The average Bonchev–Trinajstić information content (AvgIpc) is 3.02. The van der Waals surface area contributed by atoms with Crippen LogP contribution in [0.5, 0.6) is 0 Å². The van der Waals surface area contributed by atoms with Gasteiger partial charge in [-0.3, -0.25) is 0 Å². The van der Waals surface area contributed by atoms with Crippen LogP contribution in [0.15, 0.2) is 67.0 Å². The van der Waals surface area contributed by atoms with Gasteiger partial charge in [0.25, 0.3) is 0 Å². The van der Waals surface area contributed by atoms with Crippen LogP contribution in [0.3, 0.4) is 0 Å². The summed E-state index contributed by atoms with van der Waals surface area (Å²) in [4.78, 5) is 4.60. The molecular weight excluding hydrogens is 284 g/mol. The monoisotopic (exact) mass is 300 g/mol. The van der Waals surface area contributed by atoms with Crippen LogP contribution in [0.1, 0.15) is 5.56 Å². The fourth-order valence-corrected chi connectivity index (χ4v) is 2.73. The van der Waals surface area contributed by atoms with E-state index in [0.29, 0.717) is 5.82 Å². The standard InChI is InChI=1S/C19H16N4/c1-13-7-9-15(10-8-13)16-11-21-19-17(12-22-23(19)18(16)20)14-5-3-2-4-6-14/h2-12H,20H2,1H3. The molecule has 23 heavy (non-hydrogen) atoms. The zero-order valence-corrected chi connectivity index (χ0v) is 12.8. The molecule has 4 heteroatoms. The number of aromatic nitrogens is 3. The number of hydrogen-bond donors (Lipinski definition) is 1. The smallest absolute Gasteiger partial charge is 0.165 e. The van der Waals surface area contributed by atoms with Gasteiger partial charge in [-0.15, -0.1) is 0 Å². The molecule has 0 bridgehead atoms. The predicted octanol–water partition coefficient (Wildman–Crippen LogP) is 3.95. The Morgan fingerprint density at radius 1 is 0.826 bits per heavy atom. The molecule has 0 amide bonds. The summed E-state index contributed by atoms with van der Waals surface area (Å²) >= 11 is 0. The average molecular weight is 300 g/mol. The van der Waals surface area contributed by atoms with E-state index in [1.807, 2.05) is 42.7 Å². The largest absolute Gasteiger partial charge is 0.383 e. The maximum Gasteiger partial charge on any atom is 0.165 e. The van der Waals surface area contributed by atoms with Crippen molar-refractivity contribution in [3.63, 3.8) is 0 Å². The molecule has 0 spiro atoms. The highest BCUT2D eigenvalue weighted by Crippen LogP contribution is 2.29. The minimum atomic E-state index is 0.598. The molecule has 0 aliphatic carbocycles. The van der Waals surface area contributed by atoms with Crippen LogP contribution in [0.4, 0.5) is 5.82 Å². The number of aryl methyl sites for hydroxylation is 1. The van der Waals surface area contributed by atoms with E-state index in [-0.39, 0.29) is 0 Å². The number of nitrogens with zero attached hydrogens (tertiary/aromatic N) is 3. The van der Waals surface area contributed by atoms with Crippen LogP contribution >= 0.6 is 0 Å². The molecule has 2 N–H and O–H groups in total. The first-order chi connectivity index (χ1) is 11.2. The van der Waals surface area contributed by atoms with E-state index in [2.05, 4.69) is 41.3 Å². The number of nitrogens with two attached hydrogens (primary N) is 1. The van der Waals surface area contributed by atoms with Crippen molar-refractivity contribution in [1.82, 2.24) is 14.6 Å². The summed E-state index contributed by atoms with van der Waals surface area (Å²) in [6, 6.07) is 18.3. The second-order valence-electron chi connectivity index (χ2n) is 5.58. The molecule has 4 rings (SSSR count). The van der Waals surface area contributed by atoms with E-state index in [9.17, 15) is 0 Å². The number of rotatable bonds is 2. The van der Waals surface area contributed by atoms with E-state index < -0.39 is 0 Å². The summed E-state index contributed by atoms with van der Waals surface area (Å²) in [5.41, 5.74) is 12.3. The molecule has 0 unspecified atom stereocenters. The Morgan fingerprint density at radius 3 is 2.26 bits per heavy atom. The highest BCUT2D eigenvalue weighted by molar-refractivity contribution is 5.81. The molecule has 0 saturated carbocycles. The molecule has 2 heterocycles. The first-order valence-electron chi connectivity index (χ1n) is 7.49. The van der Waals surface area contributed by atoms with Gasteiger partial charge < -0.3 is 5.73 Å². The summed E-state index contributed by atoms with van der Waals surface area (Å²) in [5.74, 6) is 0.598. The third-order valence-corrected chi connectivity index (χ3v) is 4.01. The third-order valence-electron chi connectivity index (χ3n) is 4.01. The van der Waals surface area contributed by atoms with E-state index >= 15 is 0 Å². The number of nitrogen functional groups attached to an aromatic ring is 1. The van der Waals surface area contributed by atoms with Gasteiger partial charge in [0, 0.05) is 17.3 Å². The second kappa shape index (κ2) is 5.25. The molecule has 0 atom stereocenters. The van der Waals surface area contributed by atoms with E-state index in [1.165, 1.54) is 5.56 Å². The van der Waals surface area contributed by atoms with Gasteiger partial charge in [0.05, 0.1) is 6.20 Å².